The fourth-order valence-corrected chi connectivity index (χ4v) is 2.86. The van der Waals surface area contributed by atoms with E-state index in [0.717, 1.165) is 31.7 Å². The summed E-state index contributed by atoms with van der Waals surface area (Å²) in [5, 5.41) is 3.82. The Labute approximate surface area is 154 Å². The van der Waals surface area contributed by atoms with E-state index in [0.29, 0.717) is 24.1 Å². The van der Waals surface area contributed by atoms with Gasteiger partial charge < -0.3 is 19.9 Å². The SMILES string of the molecule is CN=C(NCC(=O)N1CCCCC1)N(C)CCOc1ccc(Cl)cc1. The molecule has 1 saturated heterocycles. The molecular weight excluding hydrogens is 340 g/mol. The van der Waals surface area contributed by atoms with Crippen LogP contribution in [0.4, 0.5) is 0 Å². The monoisotopic (exact) mass is 366 g/mol. The number of amides is 1. The minimum atomic E-state index is 0.131. The number of piperidine rings is 1. The molecule has 1 aromatic rings. The minimum Gasteiger partial charge on any atom is -0.492 e. The Morgan fingerprint density at radius 2 is 1.96 bits per heavy atom. The number of benzene rings is 1. The third-order valence-corrected chi connectivity index (χ3v) is 4.44. The van der Waals surface area contributed by atoms with Crippen LogP contribution in [0.1, 0.15) is 19.3 Å². The van der Waals surface area contributed by atoms with Gasteiger partial charge in [0.25, 0.3) is 0 Å². The van der Waals surface area contributed by atoms with Crippen molar-refractivity contribution in [3.63, 3.8) is 0 Å². The number of guanidine groups is 1. The molecule has 0 aliphatic carbocycles. The van der Waals surface area contributed by atoms with E-state index >= 15 is 0 Å². The minimum absolute atomic E-state index is 0.131. The van der Waals surface area contributed by atoms with E-state index in [9.17, 15) is 4.79 Å². The van der Waals surface area contributed by atoms with E-state index in [1.807, 2.05) is 29.0 Å². The highest BCUT2D eigenvalue weighted by atomic mass is 35.5. The first-order valence-corrected chi connectivity index (χ1v) is 9.06. The van der Waals surface area contributed by atoms with Crippen LogP contribution in [0, 0.1) is 0 Å². The van der Waals surface area contributed by atoms with Gasteiger partial charge in [-0.3, -0.25) is 9.79 Å². The van der Waals surface area contributed by atoms with Crippen LogP contribution in [0.15, 0.2) is 29.3 Å². The number of nitrogens with zero attached hydrogens (tertiary/aromatic N) is 3. The summed E-state index contributed by atoms with van der Waals surface area (Å²) < 4.78 is 5.69. The molecule has 0 spiro atoms. The number of carbonyl (C=O) groups is 1. The third kappa shape index (κ3) is 6.46. The lowest BCUT2D eigenvalue weighted by atomic mass is 10.1. The van der Waals surface area contributed by atoms with Crippen LogP contribution in [0.3, 0.4) is 0 Å². The molecule has 7 heteroatoms. The van der Waals surface area contributed by atoms with Crippen LogP contribution in [-0.4, -0.2) is 68.5 Å². The number of hydrogen-bond acceptors (Lipinski definition) is 3. The number of aliphatic imine (C=N–C) groups is 1. The molecule has 1 aliphatic heterocycles. The lowest BCUT2D eigenvalue weighted by Crippen LogP contribution is -2.47. The van der Waals surface area contributed by atoms with E-state index in [1.165, 1.54) is 6.42 Å². The Bertz CT molecular complexity index is 571. The van der Waals surface area contributed by atoms with E-state index in [2.05, 4.69) is 10.3 Å². The van der Waals surface area contributed by atoms with Gasteiger partial charge in [0.15, 0.2) is 5.96 Å². The number of nitrogens with one attached hydrogen (secondary N) is 1. The van der Waals surface area contributed by atoms with Crippen LogP contribution in [0.2, 0.25) is 5.02 Å². The van der Waals surface area contributed by atoms with Gasteiger partial charge in [-0.25, -0.2) is 0 Å². The zero-order chi connectivity index (χ0) is 18.1. The second-order valence-corrected chi connectivity index (χ2v) is 6.50. The molecule has 0 bridgehead atoms. The first-order chi connectivity index (χ1) is 12.1. The molecule has 0 unspecified atom stereocenters. The molecule has 25 heavy (non-hydrogen) atoms. The molecule has 6 nitrogen and oxygen atoms in total. The van der Waals surface area contributed by atoms with Crippen LogP contribution in [0.25, 0.3) is 0 Å². The van der Waals surface area contributed by atoms with Crippen molar-refractivity contribution in [1.29, 1.82) is 0 Å². The van der Waals surface area contributed by atoms with Gasteiger partial charge >= 0.3 is 0 Å². The highest BCUT2D eigenvalue weighted by molar-refractivity contribution is 6.30. The Kier molecular flexibility index (Phi) is 7.85. The Hall–Kier alpha value is -1.95. The summed E-state index contributed by atoms with van der Waals surface area (Å²) in [4.78, 5) is 20.3. The number of ether oxygens (including phenoxy) is 1. The fourth-order valence-electron chi connectivity index (χ4n) is 2.73. The summed E-state index contributed by atoms with van der Waals surface area (Å²) in [6.07, 6.45) is 3.42. The van der Waals surface area contributed by atoms with Gasteiger partial charge in [-0.05, 0) is 43.5 Å². The van der Waals surface area contributed by atoms with Gasteiger partial charge in [-0.2, -0.15) is 0 Å². The average Bonchev–Trinajstić information content (AvgIpc) is 2.64. The first-order valence-electron chi connectivity index (χ1n) is 8.68. The van der Waals surface area contributed by atoms with Gasteiger partial charge in [0, 0.05) is 32.2 Å². The molecule has 0 atom stereocenters. The number of likely N-dealkylation sites (N-methyl/N-ethyl adjacent to an activating group) is 1. The topological polar surface area (TPSA) is 57.2 Å². The maximum Gasteiger partial charge on any atom is 0.241 e. The van der Waals surface area contributed by atoms with Gasteiger partial charge in [-0.1, -0.05) is 11.6 Å². The van der Waals surface area contributed by atoms with E-state index in [1.54, 1.807) is 19.2 Å². The van der Waals surface area contributed by atoms with Crippen LogP contribution >= 0.6 is 11.6 Å². The number of rotatable bonds is 6. The number of carbonyl (C=O) groups excluding carboxylic acids is 1. The summed E-state index contributed by atoms with van der Waals surface area (Å²) >= 11 is 5.85. The fraction of sp³-hybridized carbons (Fsp3) is 0.556. The molecule has 0 saturated carbocycles. The largest absolute Gasteiger partial charge is 0.492 e. The van der Waals surface area contributed by atoms with Crippen molar-refractivity contribution in [1.82, 2.24) is 15.1 Å². The van der Waals surface area contributed by atoms with Crippen molar-refractivity contribution in [2.75, 3.05) is 46.9 Å². The molecule has 1 amide bonds. The van der Waals surface area contributed by atoms with E-state index in [-0.39, 0.29) is 12.5 Å². The van der Waals surface area contributed by atoms with Crippen molar-refractivity contribution in [2.45, 2.75) is 19.3 Å². The highest BCUT2D eigenvalue weighted by Gasteiger charge is 2.17. The lowest BCUT2D eigenvalue weighted by molar-refractivity contribution is -0.130. The summed E-state index contributed by atoms with van der Waals surface area (Å²) in [7, 11) is 3.64. The Morgan fingerprint density at radius 1 is 1.28 bits per heavy atom. The quantitative estimate of drug-likeness (QED) is 0.619. The van der Waals surface area contributed by atoms with E-state index < -0.39 is 0 Å². The van der Waals surface area contributed by atoms with Crippen molar-refractivity contribution in [3.05, 3.63) is 29.3 Å². The molecule has 1 aliphatic rings. The van der Waals surface area contributed by atoms with Gasteiger partial charge in [0.2, 0.25) is 5.91 Å². The molecule has 1 N–H and O–H groups in total. The summed E-state index contributed by atoms with van der Waals surface area (Å²) in [5.74, 6) is 1.60. The summed E-state index contributed by atoms with van der Waals surface area (Å²) in [6, 6.07) is 7.28. The number of likely N-dealkylation sites (tertiary alicyclic amines) is 1. The predicted octanol–water partition coefficient (Wildman–Crippen LogP) is 2.24. The second kappa shape index (κ2) is 10.1. The van der Waals surface area contributed by atoms with Crippen molar-refractivity contribution >= 4 is 23.5 Å². The highest BCUT2D eigenvalue weighted by Crippen LogP contribution is 2.15. The Balaban J connectivity index is 1.71. The normalized spacial score (nSPS) is 15.0. The van der Waals surface area contributed by atoms with Gasteiger partial charge in [0.05, 0.1) is 13.1 Å². The average molecular weight is 367 g/mol. The lowest BCUT2D eigenvalue weighted by Gasteiger charge is -2.28. The maximum atomic E-state index is 12.2. The molecule has 1 aromatic carbocycles. The van der Waals surface area contributed by atoms with Crippen molar-refractivity contribution in [2.24, 2.45) is 4.99 Å². The molecule has 1 fully saturated rings. The molecule has 138 valence electrons. The molecular formula is C18H27ClN4O2. The van der Waals surface area contributed by atoms with Gasteiger partial charge in [-0.15, -0.1) is 0 Å². The van der Waals surface area contributed by atoms with Gasteiger partial charge in [0.1, 0.15) is 12.4 Å². The number of hydrogen-bond donors (Lipinski definition) is 1. The molecule has 1 heterocycles. The van der Waals surface area contributed by atoms with Crippen LogP contribution < -0.4 is 10.1 Å². The van der Waals surface area contributed by atoms with Crippen molar-refractivity contribution < 1.29 is 9.53 Å². The molecule has 0 aromatic heterocycles. The number of halogens is 1. The summed E-state index contributed by atoms with van der Waals surface area (Å²) in [5.41, 5.74) is 0. The molecule has 2 rings (SSSR count). The van der Waals surface area contributed by atoms with Crippen LogP contribution in [0.5, 0.6) is 5.75 Å². The Morgan fingerprint density at radius 3 is 2.60 bits per heavy atom. The standard InChI is InChI=1S/C18H27ClN4O2/c1-20-18(21-14-17(24)23-10-4-3-5-11-23)22(2)12-13-25-16-8-6-15(19)7-9-16/h6-9H,3-5,10-14H2,1-2H3,(H,20,21). The zero-order valence-corrected chi connectivity index (χ0v) is 15.8. The van der Waals surface area contributed by atoms with Crippen molar-refractivity contribution in [3.8, 4) is 5.75 Å². The second-order valence-electron chi connectivity index (χ2n) is 6.07. The van der Waals surface area contributed by atoms with E-state index in [4.69, 9.17) is 16.3 Å². The zero-order valence-electron chi connectivity index (χ0n) is 15.0. The predicted molar refractivity (Wildman–Crippen MR) is 101 cm³/mol. The summed E-state index contributed by atoms with van der Waals surface area (Å²) in [6.45, 7) is 3.17. The smallest absolute Gasteiger partial charge is 0.241 e. The van der Waals surface area contributed by atoms with Crippen LogP contribution in [-0.2, 0) is 4.79 Å². The third-order valence-electron chi connectivity index (χ3n) is 4.19. The molecule has 0 radical (unpaired) electrons. The maximum absolute atomic E-state index is 12.2. The first kappa shape index (κ1) is 19.4.